The molecule has 5 nitrogen and oxygen atoms in total. The van der Waals surface area contributed by atoms with Crippen molar-refractivity contribution in [2.24, 2.45) is 0 Å². The average Bonchev–Trinajstić information content (AvgIpc) is 3.34. The van der Waals surface area contributed by atoms with Crippen LogP contribution in [0, 0.1) is 0 Å². The van der Waals surface area contributed by atoms with Gasteiger partial charge in [0.1, 0.15) is 10.3 Å². The predicted molar refractivity (Wildman–Crippen MR) is 85.7 cm³/mol. The molecule has 2 fully saturated rings. The number of fused-ring (bicyclic) bond motifs is 1. The summed E-state index contributed by atoms with van der Waals surface area (Å²) in [5, 5.41) is 0. The number of likely N-dealkylation sites (tertiary alicyclic amines) is 1. The molecule has 1 saturated carbocycles. The highest BCUT2D eigenvalue weighted by Gasteiger charge is 2.34. The Hall–Kier alpha value is -1.69. The van der Waals surface area contributed by atoms with Crippen LogP contribution in [0.4, 0.5) is 0 Å². The fourth-order valence-electron chi connectivity index (χ4n) is 3.12. The van der Waals surface area contributed by atoms with E-state index in [-0.39, 0.29) is 5.91 Å². The molecule has 2 aromatic heterocycles. The van der Waals surface area contributed by atoms with Crippen LogP contribution in [0.25, 0.3) is 10.3 Å². The van der Waals surface area contributed by atoms with Crippen molar-refractivity contribution >= 4 is 27.6 Å². The summed E-state index contributed by atoms with van der Waals surface area (Å²) in [5.41, 5.74) is 2.03. The Morgan fingerprint density at radius 3 is 2.77 bits per heavy atom. The largest absolute Gasteiger partial charge is 0.480 e. The molecule has 2 aliphatic rings. The van der Waals surface area contributed by atoms with Crippen LogP contribution in [-0.2, 0) is 0 Å². The van der Waals surface area contributed by atoms with E-state index < -0.39 is 0 Å². The number of ether oxygens (including phenoxy) is 1. The van der Waals surface area contributed by atoms with Crippen LogP contribution >= 0.6 is 11.3 Å². The number of rotatable bonds is 3. The molecule has 116 valence electrons. The summed E-state index contributed by atoms with van der Waals surface area (Å²) in [6, 6.07) is 0. The van der Waals surface area contributed by atoms with Crippen LogP contribution in [-0.4, -0.2) is 41.0 Å². The zero-order valence-corrected chi connectivity index (χ0v) is 13.5. The van der Waals surface area contributed by atoms with Crippen LogP contribution in [0.5, 0.6) is 5.88 Å². The molecule has 0 spiro atoms. The Kier molecular flexibility index (Phi) is 3.48. The molecule has 1 amide bonds. The number of carbonyl (C=O) groups is 1. The number of carbonyl (C=O) groups excluding carboxylic acids is 1. The molecule has 0 aromatic carbocycles. The minimum atomic E-state index is 0.172. The summed E-state index contributed by atoms with van der Waals surface area (Å²) in [6.45, 7) is 1.75. The Morgan fingerprint density at radius 2 is 2.09 bits per heavy atom. The molecule has 0 N–H and O–H groups in total. The Bertz CT molecular complexity index is 717. The highest BCUT2D eigenvalue weighted by atomic mass is 32.1. The summed E-state index contributed by atoms with van der Waals surface area (Å²) in [6.07, 6.45) is 7.40. The summed E-state index contributed by atoms with van der Waals surface area (Å²) >= 11 is 1.48. The lowest BCUT2D eigenvalue weighted by molar-refractivity contribution is 0.0728. The van der Waals surface area contributed by atoms with Gasteiger partial charge in [-0.05, 0) is 38.0 Å². The third-order valence-electron chi connectivity index (χ3n) is 4.45. The minimum Gasteiger partial charge on any atom is -0.480 e. The Morgan fingerprint density at radius 1 is 1.32 bits per heavy atom. The molecule has 0 bridgehead atoms. The lowest BCUT2D eigenvalue weighted by Gasteiger charge is -2.26. The van der Waals surface area contributed by atoms with E-state index in [2.05, 4.69) is 9.97 Å². The minimum absolute atomic E-state index is 0.172. The van der Waals surface area contributed by atoms with Crippen molar-refractivity contribution in [1.82, 2.24) is 14.9 Å². The third-order valence-corrected chi connectivity index (χ3v) is 5.53. The van der Waals surface area contributed by atoms with Gasteiger partial charge in [0.25, 0.3) is 5.91 Å². The number of hydrogen-bond donors (Lipinski definition) is 0. The standard InChI is InChI=1S/C16H19N3O2S/c1-21-11-9-17-13-12(10-5-6-10)14(22-15(13)18-11)16(20)19-7-3-2-4-8-19/h9-10H,2-8H2,1H3. The van der Waals surface area contributed by atoms with E-state index in [4.69, 9.17) is 4.74 Å². The first-order valence-corrected chi connectivity index (χ1v) is 8.72. The fraction of sp³-hybridized carbons (Fsp3) is 0.562. The third kappa shape index (κ3) is 2.35. The molecular weight excluding hydrogens is 298 g/mol. The first-order valence-electron chi connectivity index (χ1n) is 7.90. The van der Waals surface area contributed by atoms with Gasteiger partial charge in [-0.2, -0.15) is 4.98 Å². The quantitative estimate of drug-likeness (QED) is 0.872. The van der Waals surface area contributed by atoms with Crippen LogP contribution in [0.15, 0.2) is 6.20 Å². The first-order chi connectivity index (χ1) is 10.8. The molecule has 2 aromatic rings. The number of aromatic nitrogens is 2. The molecule has 22 heavy (non-hydrogen) atoms. The maximum Gasteiger partial charge on any atom is 0.264 e. The van der Waals surface area contributed by atoms with E-state index in [0.717, 1.165) is 59.6 Å². The fourth-order valence-corrected chi connectivity index (χ4v) is 4.30. The van der Waals surface area contributed by atoms with Crippen molar-refractivity contribution in [3.63, 3.8) is 0 Å². The molecule has 1 aliphatic heterocycles. The highest BCUT2D eigenvalue weighted by Crippen LogP contribution is 2.47. The van der Waals surface area contributed by atoms with E-state index in [0.29, 0.717) is 11.8 Å². The van der Waals surface area contributed by atoms with Gasteiger partial charge in [-0.25, -0.2) is 4.98 Å². The van der Waals surface area contributed by atoms with Gasteiger partial charge >= 0.3 is 0 Å². The smallest absolute Gasteiger partial charge is 0.264 e. The second kappa shape index (κ2) is 5.50. The van der Waals surface area contributed by atoms with Crippen molar-refractivity contribution in [1.29, 1.82) is 0 Å². The molecule has 1 saturated heterocycles. The predicted octanol–water partition coefficient (Wildman–Crippen LogP) is 3.20. The van der Waals surface area contributed by atoms with Gasteiger partial charge in [-0.3, -0.25) is 4.79 Å². The second-order valence-corrected chi connectivity index (χ2v) is 7.04. The normalized spacial score (nSPS) is 18.7. The molecule has 1 aliphatic carbocycles. The lowest BCUT2D eigenvalue weighted by Crippen LogP contribution is -2.35. The number of methoxy groups -OCH3 is 1. The van der Waals surface area contributed by atoms with Gasteiger partial charge in [-0.1, -0.05) is 0 Å². The summed E-state index contributed by atoms with van der Waals surface area (Å²) < 4.78 is 5.16. The van der Waals surface area contributed by atoms with Gasteiger partial charge < -0.3 is 9.64 Å². The molecule has 3 heterocycles. The van der Waals surface area contributed by atoms with Crippen molar-refractivity contribution in [2.75, 3.05) is 20.2 Å². The highest BCUT2D eigenvalue weighted by molar-refractivity contribution is 7.20. The molecule has 0 radical (unpaired) electrons. The zero-order chi connectivity index (χ0) is 15.1. The van der Waals surface area contributed by atoms with Crippen molar-refractivity contribution in [3.05, 3.63) is 16.6 Å². The van der Waals surface area contributed by atoms with Gasteiger partial charge in [-0.15, -0.1) is 11.3 Å². The zero-order valence-electron chi connectivity index (χ0n) is 12.7. The molecule has 4 rings (SSSR count). The SMILES string of the molecule is COc1cnc2c(C3CC3)c(C(=O)N3CCCCC3)sc2n1. The monoisotopic (exact) mass is 317 g/mol. The molecule has 0 unspecified atom stereocenters. The van der Waals surface area contributed by atoms with Gasteiger partial charge in [0, 0.05) is 18.7 Å². The Labute approximate surface area is 133 Å². The average molecular weight is 317 g/mol. The molecule has 6 heteroatoms. The van der Waals surface area contributed by atoms with Crippen LogP contribution in [0.3, 0.4) is 0 Å². The van der Waals surface area contributed by atoms with Gasteiger partial charge in [0.2, 0.25) is 5.88 Å². The molecule has 0 atom stereocenters. The molecular formula is C16H19N3O2S. The summed E-state index contributed by atoms with van der Waals surface area (Å²) in [4.78, 5) is 25.6. The lowest BCUT2D eigenvalue weighted by atomic mass is 10.1. The summed E-state index contributed by atoms with van der Waals surface area (Å²) in [7, 11) is 1.59. The van der Waals surface area contributed by atoms with Crippen LogP contribution in [0.2, 0.25) is 0 Å². The number of hydrogen-bond acceptors (Lipinski definition) is 5. The number of nitrogens with zero attached hydrogens (tertiary/aromatic N) is 3. The van der Waals surface area contributed by atoms with E-state index in [9.17, 15) is 4.79 Å². The maximum atomic E-state index is 12.9. The van der Waals surface area contributed by atoms with Crippen molar-refractivity contribution in [2.45, 2.75) is 38.0 Å². The number of amides is 1. The van der Waals surface area contributed by atoms with Crippen molar-refractivity contribution < 1.29 is 9.53 Å². The number of thiophene rings is 1. The second-order valence-electron chi connectivity index (χ2n) is 6.04. The van der Waals surface area contributed by atoms with Crippen molar-refractivity contribution in [3.8, 4) is 5.88 Å². The van der Waals surface area contributed by atoms with E-state index in [1.54, 1.807) is 13.3 Å². The van der Waals surface area contributed by atoms with Crippen LogP contribution in [0.1, 0.15) is 53.3 Å². The van der Waals surface area contributed by atoms with E-state index >= 15 is 0 Å². The van der Waals surface area contributed by atoms with Crippen LogP contribution < -0.4 is 4.74 Å². The Balaban J connectivity index is 1.78. The number of piperidine rings is 1. The summed E-state index contributed by atoms with van der Waals surface area (Å²) in [5.74, 6) is 1.17. The van der Waals surface area contributed by atoms with E-state index in [1.807, 2.05) is 4.90 Å². The maximum absolute atomic E-state index is 12.9. The first kappa shape index (κ1) is 13.9. The van der Waals surface area contributed by atoms with E-state index in [1.165, 1.54) is 17.8 Å². The topological polar surface area (TPSA) is 55.3 Å². The van der Waals surface area contributed by atoms with Gasteiger partial charge in [0.15, 0.2) is 0 Å². The van der Waals surface area contributed by atoms with Gasteiger partial charge in [0.05, 0.1) is 18.2 Å².